The maximum absolute atomic E-state index is 11.4. The predicted octanol–water partition coefficient (Wildman–Crippen LogP) is 4.50. The van der Waals surface area contributed by atoms with Gasteiger partial charge in [0.25, 0.3) is 0 Å². The van der Waals surface area contributed by atoms with Gasteiger partial charge in [0.15, 0.2) is 0 Å². The van der Waals surface area contributed by atoms with Crippen molar-refractivity contribution in [1.29, 1.82) is 0 Å². The van der Waals surface area contributed by atoms with E-state index in [1.807, 2.05) is 0 Å². The number of epoxide rings is 1. The second-order valence-electron chi connectivity index (χ2n) is 10.6. The molecule has 0 aromatic rings. The molecular weight excluding hydrogens is 328 g/mol. The summed E-state index contributed by atoms with van der Waals surface area (Å²) in [7, 11) is 0. The molecule has 4 nitrogen and oxygen atoms in total. The Morgan fingerprint density at radius 3 is 2.38 bits per heavy atom. The average Bonchev–Trinajstić information content (AvgIpc) is 3.36. The lowest BCUT2D eigenvalue weighted by Gasteiger charge is -2.65. The summed E-state index contributed by atoms with van der Waals surface area (Å²) in [5.41, 5.74) is 0.209. The Bertz CT molecular complexity index is 583. The molecular formula is C22H36O4. The maximum Gasteiger partial charge on any atom is 0.302 e. The molecule has 2 saturated heterocycles. The smallest absolute Gasteiger partial charge is 0.302 e. The third kappa shape index (κ3) is 2.83. The highest BCUT2D eigenvalue weighted by molar-refractivity contribution is 5.66. The summed E-state index contributed by atoms with van der Waals surface area (Å²) in [5.74, 6) is 1.13. The van der Waals surface area contributed by atoms with Gasteiger partial charge in [-0.15, -0.1) is 0 Å². The number of hydrogen-bond donors (Lipinski definition) is 0. The SMILES string of the molecule is CC(=O)OC[C@]1([C@@H]2CO2)CC[C@H]2[C@]3(C)CCCC(C)(C)[C@H]3CC[C@]2(C)O1. The molecule has 0 spiro atoms. The Kier molecular flexibility index (Phi) is 4.28. The van der Waals surface area contributed by atoms with Crippen molar-refractivity contribution in [3.63, 3.8) is 0 Å². The van der Waals surface area contributed by atoms with Gasteiger partial charge in [0, 0.05) is 6.92 Å². The van der Waals surface area contributed by atoms with Gasteiger partial charge < -0.3 is 14.2 Å². The van der Waals surface area contributed by atoms with Crippen LogP contribution in [0.3, 0.4) is 0 Å². The van der Waals surface area contributed by atoms with E-state index in [2.05, 4.69) is 27.7 Å². The van der Waals surface area contributed by atoms with Crippen LogP contribution in [0.5, 0.6) is 0 Å². The van der Waals surface area contributed by atoms with Crippen LogP contribution in [-0.4, -0.2) is 36.5 Å². The van der Waals surface area contributed by atoms with Gasteiger partial charge in [-0.3, -0.25) is 4.79 Å². The van der Waals surface area contributed by atoms with Crippen LogP contribution in [0.4, 0.5) is 0 Å². The van der Waals surface area contributed by atoms with Crippen LogP contribution in [0.2, 0.25) is 0 Å². The number of fused-ring (bicyclic) bond motifs is 3. The van der Waals surface area contributed by atoms with Crippen LogP contribution in [0.1, 0.15) is 79.6 Å². The second kappa shape index (κ2) is 5.94. The van der Waals surface area contributed by atoms with E-state index in [0.29, 0.717) is 23.4 Å². The minimum atomic E-state index is -0.440. The van der Waals surface area contributed by atoms with Crippen molar-refractivity contribution in [2.24, 2.45) is 22.7 Å². The molecule has 0 aromatic carbocycles. The zero-order valence-corrected chi connectivity index (χ0v) is 17.2. The van der Waals surface area contributed by atoms with Gasteiger partial charge in [0.2, 0.25) is 0 Å². The van der Waals surface area contributed by atoms with E-state index in [-0.39, 0.29) is 17.7 Å². The molecule has 4 fully saturated rings. The van der Waals surface area contributed by atoms with Crippen LogP contribution in [0, 0.1) is 22.7 Å². The molecule has 6 atom stereocenters. The Labute approximate surface area is 158 Å². The minimum Gasteiger partial charge on any atom is -0.463 e. The molecule has 0 radical (unpaired) electrons. The topological polar surface area (TPSA) is 48.1 Å². The number of ether oxygens (including phenoxy) is 3. The molecule has 4 aliphatic rings. The number of carbonyl (C=O) groups excluding carboxylic acids is 1. The van der Waals surface area contributed by atoms with Crippen LogP contribution in [0.25, 0.3) is 0 Å². The third-order valence-electron chi connectivity index (χ3n) is 8.47. The van der Waals surface area contributed by atoms with Crippen LogP contribution in [-0.2, 0) is 19.0 Å². The number of hydrogen-bond acceptors (Lipinski definition) is 4. The second-order valence-corrected chi connectivity index (χ2v) is 10.6. The zero-order valence-electron chi connectivity index (χ0n) is 17.2. The van der Waals surface area contributed by atoms with Crippen molar-refractivity contribution in [2.75, 3.05) is 13.2 Å². The first-order chi connectivity index (χ1) is 12.1. The maximum atomic E-state index is 11.4. The molecule has 4 rings (SSSR count). The van der Waals surface area contributed by atoms with E-state index < -0.39 is 5.60 Å². The summed E-state index contributed by atoms with van der Waals surface area (Å²) in [6.07, 6.45) is 8.53. The molecule has 26 heavy (non-hydrogen) atoms. The van der Waals surface area contributed by atoms with Crippen molar-refractivity contribution in [1.82, 2.24) is 0 Å². The van der Waals surface area contributed by atoms with Gasteiger partial charge in [0.1, 0.15) is 18.3 Å². The minimum absolute atomic E-state index is 0.0907. The first kappa shape index (κ1) is 18.7. The van der Waals surface area contributed by atoms with E-state index in [9.17, 15) is 4.79 Å². The molecule has 148 valence electrons. The molecule has 0 N–H and O–H groups in total. The molecule has 0 bridgehead atoms. The average molecular weight is 365 g/mol. The van der Waals surface area contributed by atoms with E-state index in [1.165, 1.54) is 32.6 Å². The van der Waals surface area contributed by atoms with Crippen LogP contribution in [0.15, 0.2) is 0 Å². The Morgan fingerprint density at radius 2 is 1.73 bits per heavy atom. The van der Waals surface area contributed by atoms with E-state index in [0.717, 1.165) is 31.8 Å². The first-order valence-corrected chi connectivity index (χ1v) is 10.6. The van der Waals surface area contributed by atoms with Gasteiger partial charge in [0.05, 0.1) is 12.2 Å². The van der Waals surface area contributed by atoms with Crippen molar-refractivity contribution < 1.29 is 19.0 Å². The lowest BCUT2D eigenvalue weighted by Crippen LogP contribution is -2.65. The van der Waals surface area contributed by atoms with E-state index in [4.69, 9.17) is 14.2 Å². The van der Waals surface area contributed by atoms with Crippen molar-refractivity contribution in [3.05, 3.63) is 0 Å². The Hall–Kier alpha value is -0.610. The summed E-state index contributed by atoms with van der Waals surface area (Å²) in [5, 5.41) is 0. The predicted molar refractivity (Wildman–Crippen MR) is 99.8 cm³/mol. The number of carbonyl (C=O) groups is 1. The van der Waals surface area contributed by atoms with E-state index in [1.54, 1.807) is 0 Å². The highest BCUT2D eigenvalue weighted by atomic mass is 16.6. The summed E-state index contributed by atoms with van der Waals surface area (Å²) >= 11 is 0. The fourth-order valence-electron chi connectivity index (χ4n) is 7.26. The monoisotopic (exact) mass is 364 g/mol. The fraction of sp³-hybridized carbons (Fsp3) is 0.955. The zero-order chi connectivity index (χ0) is 18.8. The lowest BCUT2D eigenvalue weighted by atomic mass is 9.44. The highest BCUT2D eigenvalue weighted by Gasteiger charge is 2.64. The van der Waals surface area contributed by atoms with Crippen molar-refractivity contribution >= 4 is 5.97 Å². The summed E-state index contributed by atoms with van der Waals surface area (Å²) in [6.45, 7) is 12.4. The Morgan fingerprint density at radius 1 is 1.04 bits per heavy atom. The third-order valence-corrected chi connectivity index (χ3v) is 8.47. The van der Waals surface area contributed by atoms with Gasteiger partial charge in [-0.05, 0) is 68.1 Å². The number of rotatable bonds is 3. The summed E-state index contributed by atoms with van der Waals surface area (Å²) in [4.78, 5) is 11.4. The Balaban J connectivity index is 1.61. The highest BCUT2D eigenvalue weighted by Crippen LogP contribution is 2.66. The number of esters is 1. The van der Waals surface area contributed by atoms with E-state index >= 15 is 0 Å². The largest absolute Gasteiger partial charge is 0.463 e. The first-order valence-electron chi connectivity index (χ1n) is 10.6. The van der Waals surface area contributed by atoms with Crippen molar-refractivity contribution in [3.8, 4) is 0 Å². The van der Waals surface area contributed by atoms with Crippen LogP contribution >= 0.6 is 0 Å². The van der Waals surface area contributed by atoms with Gasteiger partial charge in [-0.1, -0.05) is 27.2 Å². The standard InChI is InChI=1S/C22H36O4/c1-15(23)25-14-22(18-13-24-18)12-8-17-20(4)10-6-9-19(2,3)16(20)7-11-21(17,5)26-22/h16-18H,6-14H2,1-5H3/t16-,17+,18+,20-,21+,22+/m1/s1. The fourth-order valence-corrected chi connectivity index (χ4v) is 7.26. The molecule has 2 heterocycles. The van der Waals surface area contributed by atoms with Crippen molar-refractivity contribution in [2.45, 2.75) is 96.9 Å². The molecule has 4 heteroatoms. The van der Waals surface area contributed by atoms with Gasteiger partial charge in [-0.2, -0.15) is 0 Å². The van der Waals surface area contributed by atoms with Crippen LogP contribution < -0.4 is 0 Å². The summed E-state index contributed by atoms with van der Waals surface area (Å²) in [6, 6.07) is 0. The molecule has 2 saturated carbocycles. The molecule has 0 aromatic heterocycles. The summed E-state index contributed by atoms with van der Waals surface area (Å²) < 4.78 is 18.0. The van der Waals surface area contributed by atoms with Gasteiger partial charge >= 0.3 is 5.97 Å². The normalized spacial score (nSPS) is 49.7. The molecule has 2 aliphatic heterocycles. The molecule has 2 aliphatic carbocycles. The lowest BCUT2D eigenvalue weighted by molar-refractivity contribution is -0.282. The van der Waals surface area contributed by atoms with Gasteiger partial charge in [-0.25, -0.2) is 0 Å². The quantitative estimate of drug-likeness (QED) is 0.546. The molecule has 0 unspecified atom stereocenters. The molecule has 0 amide bonds.